The number of nitro groups is 1. The van der Waals surface area contributed by atoms with E-state index in [9.17, 15) is 10.1 Å². The summed E-state index contributed by atoms with van der Waals surface area (Å²) in [6.45, 7) is 3.45. The van der Waals surface area contributed by atoms with E-state index < -0.39 is 4.92 Å². The Morgan fingerprint density at radius 1 is 1.16 bits per heavy atom. The quantitative estimate of drug-likeness (QED) is 0.374. The predicted molar refractivity (Wildman–Crippen MR) is 95.9 cm³/mol. The fraction of sp³-hybridized carbons (Fsp3) is 0.444. The second-order valence-corrected chi connectivity index (χ2v) is 6.47. The molecule has 7 heteroatoms. The number of hydrogen-bond acceptors (Lipinski definition) is 6. The summed E-state index contributed by atoms with van der Waals surface area (Å²) in [6.07, 6.45) is 9.84. The third-order valence-corrected chi connectivity index (χ3v) is 4.69. The molecule has 3 rings (SSSR count). The summed E-state index contributed by atoms with van der Waals surface area (Å²) in [7, 11) is 1.42. The van der Waals surface area contributed by atoms with Gasteiger partial charge in [-0.1, -0.05) is 12.2 Å². The summed E-state index contributed by atoms with van der Waals surface area (Å²) in [4.78, 5) is 9.84. The fourth-order valence-electron chi connectivity index (χ4n) is 2.92. The number of nitrogens with two attached hydrogens (primary N) is 2. The molecule has 0 amide bonds. The average molecular weight is 347 g/mol. The van der Waals surface area contributed by atoms with Gasteiger partial charge in [0.15, 0.2) is 0 Å². The first kappa shape index (κ1) is 19.0. The van der Waals surface area contributed by atoms with Gasteiger partial charge in [0.05, 0.1) is 12.0 Å². The highest BCUT2D eigenvalue weighted by Gasteiger charge is 2.61. The summed E-state index contributed by atoms with van der Waals surface area (Å²) in [5, 5.41) is 10.3. The molecule has 0 aliphatic heterocycles. The minimum absolute atomic E-state index is 0.0142. The highest BCUT2D eigenvalue weighted by molar-refractivity contribution is 5.36. The number of benzene rings is 1. The van der Waals surface area contributed by atoms with E-state index in [0.717, 1.165) is 32.1 Å². The van der Waals surface area contributed by atoms with Crippen LogP contribution < -0.4 is 16.2 Å². The molecular weight excluding hydrogens is 322 g/mol. The van der Waals surface area contributed by atoms with E-state index in [2.05, 4.69) is 23.5 Å². The molecule has 25 heavy (non-hydrogen) atoms. The molecule has 4 N–H and O–H groups in total. The lowest BCUT2D eigenvalue weighted by molar-refractivity contribution is -0.384. The Hall–Kier alpha value is -2.38. The maximum Gasteiger partial charge on any atom is 0.276 e. The van der Waals surface area contributed by atoms with Crippen LogP contribution in [0.2, 0.25) is 0 Å². The molecule has 136 valence electrons. The van der Waals surface area contributed by atoms with Crippen molar-refractivity contribution in [3.63, 3.8) is 0 Å². The maximum atomic E-state index is 10.3. The lowest BCUT2D eigenvalue weighted by atomic mass is 9.97. The predicted octanol–water partition coefficient (Wildman–Crippen LogP) is 3.01. The first-order chi connectivity index (χ1) is 11.8. The number of nitrogens with zero attached hydrogens (tertiary/aromatic N) is 1. The van der Waals surface area contributed by atoms with Gasteiger partial charge in [-0.2, -0.15) is 0 Å². The van der Waals surface area contributed by atoms with Crippen molar-refractivity contribution in [3.05, 3.63) is 59.1 Å². The van der Waals surface area contributed by atoms with Crippen molar-refractivity contribution in [2.45, 2.75) is 43.2 Å². The molecule has 1 aromatic carbocycles. The highest BCUT2D eigenvalue weighted by atomic mass is 16.7. The molecule has 2 atom stereocenters. The van der Waals surface area contributed by atoms with Crippen LogP contribution in [0.1, 0.15) is 32.1 Å². The summed E-state index contributed by atoms with van der Waals surface area (Å²) >= 11 is 0. The van der Waals surface area contributed by atoms with E-state index in [4.69, 9.17) is 16.2 Å². The molecule has 0 radical (unpaired) electrons. The number of hydrogen-bond donors (Lipinski definition) is 2. The smallest absolute Gasteiger partial charge is 0.276 e. The molecule has 1 fully saturated rings. The van der Waals surface area contributed by atoms with Crippen molar-refractivity contribution in [1.82, 2.24) is 0 Å². The third-order valence-electron chi connectivity index (χ3n) is 4.69. The van der Waals surface area contributed by atoms with Crippen molar-refractivity contribution in [2.24, 2.45) is 11.5 Å². The molecule has 2 aliphatic rings. The minimum atomic E-state index is -0.477. The Morgan fingerprint density at radius 2 is 1.68 bits per heavy atom. The molecular formula is C18H25N3O4. The van der Waals surface area contributed by atoms with Gasteiger partial charge < -0.3 is 20.9 Å². The topological polar surface area (TPSA) is 114 Å². The largest absolute Gasteiger partial charge is 0.469 e. The van der Waals surface area contributed by atoms with E-state index in [-0.39, 0.29) is 22.7 Å². The second-order valence-electron chi connectivity index (χ2n) is 6.47. The van der Waals surface area contributed by atoms with Crippen molar-refractivity contribution < 1.29 is 14.4 Å². The zero-order valence-corrected chi connectivity index (χ0v) is 14.4. The van der Waals surface area contributed by atoms with Gasteiger partial charge in [-0.05, 0) is 50.8 Å². The molecule has 0 bridgehead atoms. The molecule has 1 saturated carbocycles. The monoisotopic (exact) mass is 347 g/mol. The Labute approximate surface area is 147 Å². The van der Waals surface area contributed by atoms with E-state index in [1.54, 1.807) is 0 Å². The Morgan fingerprint density at radius 3 is 2.12 bits per heavy atom. The van der Waals surface area contributed by atoms with E-state index in [1.165, 1.54) is 31.4 Å². The molecule has 2 unspecified atom stereocenters. The third kappa shape index (κ3) is 4.80. The summed E-state index contributed by atoms with van der Waals surface area (Å²) < 4.78 is 9.74. The molecule has 0 spiro atoms. The molecule has 1 aromatic rings. The summed E-state index contributed by atoms with van der Waals surface area (Å²) in [5.41, 5.74) is 12.2. The number of non-ortho nitro benzene ring substituents is 1. The SMILES string of the molecule is C=C(OC)Oc1ccc([N+](=O)[O-])cc1.NC12CC/C=C\CCC1(N)C2. The number of ether oxygens (including phenoxy) is 2. The van der Waals surface area contributed by atoms with Gasteiger partial charge in [-0.15, -0.1) is 0 Å². The van der Waals surface area contributed by atoms with Gasteiger partial charge in [-0.25, -0.2) is 0 Å². The second kappa shape index (κ2) is 7.67. The van der Waals surface area contributed by atoms with Gasteiger partial charge >= 0.3 is 0 Å². The van der Waals surface area contributed by atoms with Gasteiger partial charge in [0, 0.05) is 23.2 Å². The number of fused-ring (bicyclic) bond motifs is 1. The zero-order valence-electron chi connectivity index (χ0n) is 14.4. The molecule has 0 aromatic heterocycles. The van der Waals surface area contributed by atoms with Crippen molar-refractivity contribution >= 4 is 5.69 Å². The van der Waals surface area contributed by atoms with E-state index in [1.807, 2.05) is 0 Å². The lowest BCUT2D eigenvalue weighted by Gasteiger charge is -2.19. The van der Waals surface area contributed by atoms with Crippen LogP contribution in [0.3, 0.4) is 0 Å². The maximum absolute atomic E-state index is 10.3. The number of methoxy groups -OCH3 is 1. The number of allylic oxidation sites excluding steroid dienone is 2. The van der Waals surface area contributed by atoms with Crippen LogP contribution in [0.5, 0.6) is 5.75 Å². The zero-order chi connectivity index (χ0) is 18.5. The lowest BCUT2D eigenvalue weighted by Crippen LogP contribution is -2.41. The van der Waals surface area contributed by atoms with Crippen molar-refractivity contribution in [2.75, 3.05) is 7.11 Å². The molecule has 0 heterocycles. The summed E-state index contributed by atoms with van der Waals surface area (Å²) in [5.74, 6) is 0.585. The van der Waals surface area contributed by atoms with Crippen molar-refractivity contribution in [3.8, 4) is 5.75 Å². The van der Waals surface area contributed by atoms with Gasteiger partial charge in [0.2, 0.25) is 0 Å². The molecule has 2 aliphatic carbocycles. The first-order valence-corrected chi connectivity index (χ1v) is 8.18. The van der Waals surface area contributed by atoms with Crippen LogP contribution in [-0.2, 0) is 4.74 Å². The Balaban J connectivity index is 0.000000185. The van der Waals surface area contributed by atoms with Crippen LogP contribution in [-0.4, -0.2) is 23.1 Å². The summed E-state index contributed by atoms with van der Waals surface area (Å²) in [6, 6.07) is 5.64. The van der Waals surface area contributed by atoms with Gasteiger partial charge in [0.25, 0.3) is 11.6 Å². The standard InChI is InChI=1S/C9H16N2.C9H9NO4/c10-8-5-3-1-2-4-6-9(8,11)7-8;1-7(13-2)14-9-5-3-8(4-6-9)10(11)12/h1-2H,3-7,10-11H2;3-6H,1H2,2H3/b2-1-;. The number of rotatable bonds is 4. The first-order valence-electron chi connectivity index (χ1n) is 8.18. The normalized spacial score (nSPS) is 28.1. The average Bonchev–Trinajstić information content (AvgIpc) is 3.09. The minimum Gasteiger partial charge on any atom is -0.469 e. The van der Waals surface area contributed by atoms with Gasteiger partial charge in [0.1, 0.15) is 5.75 Å². The van der Waals surface area contributed by atoms with Crippen LogP contribution in [0, 0.1) is 10.1 Å². The van der Waals surface area contributed by atoms with E-state index >= 15 is 0 Å². The van der Waals surface area contributed by atoms with Crippen LogP contribution in [0.4, 0.5) is 5.69 Å². The van der Waals surface area contributed by atoms with Gasteiger partial charge in [-0.3, -0.25) is 10.1 Å². The molecule has 7 nitrogen and oxygen atoms in total. The van der Waals surface area contributed by atoms with Crippen LogP contribution >= 0.6 is 0 Å². The number of nitro benzene ring substituents is 1. The van der Waals surface area contributed by atoms with Crippen LogP contribution in [0.15, 0.2) is 48.9 Å². The fourth-order valence-corrected chi connectivity index (χ4v) is 2.92. The van der Waals surface area contributed by atoms with Crippen LogP contribution in [0.25, 0.3) is 0 Å². The molecule has 0 saturated heterocycles. The Bertz CT molecular complexity index is 639. The van der Waals surface area contributed by atoms with Crippen molar-refractivity contribution in [1.29, 1.82) is 0 Å². The van der Waals surface area contributed by atoms with E-state index in [0.29, 0.717) is 5.75 Å². The highest BCUT2D eigenvalue weighted by Crippen LogP contribution is 2.50. The Kier molecular flexibility index (Phi) is 5.81.